The molecule has 206 valence electrons. The minimum Gasteiger partial charge on any atom is -0.494 e. The molecule has 2 fully saturated rings. The van der Waals surface area contributed by atoms with Crippen molar-refractivity contribution in [3.05, 3.63) is 30.5 Å². The number of benzene rings is 1. The van der Waals surface area contributed by atoms with Crippen LogP contribution in [0.5, 0.6) is 17.2 Å². The van der Waals surface area contributed by atoms with Crippen LogP contribution in [0.3, 0.4) is 0 Å². The number of hydrogen-bond donors (Lipinski definition) is 0. The molecule has 9 nitrogen and oxygen atoms in total. The lowest BCUT2D eigenvalue weighted by Gasteiger charge is -2.32. The minimum atomic E-state index is -3.56. The van der Waals surface area contributed by atoms with Gasteiger partial charge in [0.05, 0.1) is 37.8 Å². The summed E-state index contributed by atoms with van der Waals surface area (Å²) in [4.78, 5) is 20.6. The zero-order valence-electron chi connectivity index (χ0n) is 21.4. The van der Waals surface area contributed by atoms with E-state index in [0.717, 1.165) is 11.9 Å². The smallest absolute Gasteiger partial charge is 0.248 e. The van der Waals surface area contributed by atoms with E-state index in [1.54, 1.807) is 23.1 Å². The monoisotopic (exact) mass is 551 g/mol. The molecule has 0 spiro atoms. The van der Waals surface area contributed by atoms with Crippen LogP contribution in [0.25, 0.3) is 0 Å². The van der Waals surface area contributed by atoms with Crippen LogP contribution < -0.4 is 19.1 Å². The number of ether oxygens (including phenoxy) is 3. The maximum absolute atomic E-state index is 13.8. The van der Waals surface area contributed by atoms with E-state index in [1.165, 1.54) is 13.3 Å². The Hall–Kier alpha value is -3.15. The van der Waals surface area contributed by atoms with Gasteiger partial charge >= 0.3 is 0 Å². The molecule has 1 aromatic heterocycles. The maximum atomic E-state index is 13.8. The molecule has 1 amide bonds. The molecular weight excluding hydrogens is 520 g/mol. The Kier molecular flexibility index (Phi) is 7.10. The van der Waals surface area contributed by atoms with E-state index in [4.69, 9.17) is 14.2 Å². The molecule has 3 aliphatic rings. The second-order valence-corrected chi connectivity index (χ2v) is 12.0. The number of rotatable bonds is 6. The molecule has 3 heterocycles. The van der Waals surface area contributed by atoms with Gasteiger partial charge in [0.25, 0.3) is 0 Å². The van der Waals surface area contributed by atoms with E-state index in [-0.39, 0.29) is 35.6 Å². The number of alkyl halides is 2. The summed E-state index contributed by atoms with van der Waals surface area (Å²) >= 11 is 0. The largest absolute Gasteiger partial charge is 0.494 e. The first kappa shape index (κ1) is 26.5. The summed E-state index contributed by atoms with van der Waals surface area (Å²) < 4.78 is 69.0. The Morgan fingerprint density at radius 2 is 2.03 bits per heavy atom. The Labute approximate surface area is 220 Å². The number of sulfone groups is 1. The maximum Gasteiger partial charge on any atom is 0.248 e. The molecule has 38 heavy (non-hydrogen) atoms. The van der Waals surface area contributed by atoms with Crippen molar-refractivity contribution in [3.63, 3.8) is 0 Å². The molecule has 1 saturated carbocycles. The predicted octanol–water partition coefficient (Wildman–Crippen LogP) is 3.83. The SMILES string of the molecule is COc1cc(N2CCOc3ccc(O[C@H]4CCN(C(=O)C5CCCC(F)(F)C5)C4)cc32)cnc1S(C)(=O)=O. The highest BCUT2D eigenvalue weighted by atomic mass is 32.2. The van der Waals surface area contributed by atoms with Crippen molar-refractivity contribution in [1.82, 2.24) is 9.88 Å². The van der Waals surface area contributed by atoms with E-state index < -0.39 is 21.7 Å². The molecule has 1 aliphatic carbocycles. The molecule has 1 saturated heterocycles. The van der Waals surface area contributed by atoms with Crippen LogP contribution in [-0.4, -0.2) is 75.8 Å². The Morgan fingerprint density at radius 3 is 2.76 bits per heavy atom. The first-order chi connectivity index (χ1) is 18.0. The molecule has 2 aromatic rings. The van der Waals surface area contributed by atoms with E-state index in [1.807, 2.05) is 11.0 Å². The number of carbonyl (C=O) groups is 1. The lowest BCUT2D eigenvalue weighted by molar-refractivity contribution is -0.141. The van der Waals surface area contributed by atoms with Crippen molar-refractivity contribution in [3.8, 4) is 17.2 Å². The van der Waals surface area contributed by atoms with Crippen LogP contribution in [-0.2, 0) is 14.6 Å². The Bertz CT molecular complexity index is 1320. The van der Waals surface area contributed by atoms with Crippen LogP contribution in [0.4, 0.5) is 20.2 Å². The van der Waals surface area contributed by atoms with Crippen LogP contribution in [0.15, 0.2) is 35.5 Å². The number of fused-ring (bicyclic) bond motifs is 1. The van der Waals surface area contributed by atoms with Gasteiger partial charge in [0.15, 0.2) is 20.6 Å². The van der Waals surface area contributed by atoms with Gasteiger partial charge in [0.2, 0.25) is 11.8 Å². The lowest BCUT2D eigenvalue weighted by atomic mass is 9.85. The van der Waals surface area contributed by atoms with Gasteiger partial charge in [-0.05, 0) is 25.0 Å². The number of likely N-dealkylation sites (tertiary alicyclic amines) is 1. The number of anilines is 2. The lowest BCUT2D eigenvalue weighted by Crippen LogP contribution is -2.40. The topological polar surface area (TPSA) is 98.3 Å². The Morgan fingerprint density at radius 1 is 1.21 bits per heavy atom. The second kappa shape index (κ2) is 10.2. The first-order valence-corrected chi connectivity index (χ1v) is 14.5. The van der Waals surface area contributed by atoms with Crippen LogP contribution in [0.1, 0.15) is 32.1 Å². The number of nitrogens with zero attached hydrogens (tertiary/aromatic N) is 3. The number of aromatic nitrogens is 1. The highest BCUT2D eigenvalue weighted by molar-refractivity contribution is 7.90. The minimum absolute atomic E-state index is 0.133. The normalized spacial score (nSPS) is 22.9. The van der Waals surface area contributed by atoms with Gasteiger partial charge in [-0.2, -0.15) is 0 Å². The highest BCUT2D eigenvalue weighted by Gasteiger charge is 2.41. The van der Waals surface area contributed by atoms with Gasteiger partial charge < -0.3 is 24.0 Å². The van der Waals surface area contributed by atoms with Crippen LogP contribution in [0, 0.1) is 5.92 Å². The van der Waals surface area contributed by atoms with Crippen LogP contribution >= 0.6 is 0 Å². The second-order valence-electron chi connectivity index (χ2n) is 10.1. The standard InChI is InChI=1S/C26H31F2N3O6S/c1-35-23-12-18(15-29-24(23)38(2,33)34)31-10-11-36-22-6-5-19(13-21(22)31)37-20-7-9-30(16-20)25(32)17-4-3-8-26(27,28)14-17/h5-6,12-13,15,17,20H,3-4,7-11,14,16H2,1-2H3/t17?,20-/m0/s1. The third kappa shape index (κ3) is 5.50. The third-order valence-electron chi connectivity index (χ3n) is 7.23. The molecule has 0 radical (unpaired) electrons. The highest BCUT2D eigenvalue weighted by Crippen LogP contribution is 2.41. The van der Waals surface area contributed by atoms with Gasteiger partial charge in [-0.25, -0.2) is 22.2 Å². The number of pyridine rings is 1. The van der Waals surface area contributed by atoms with Crippen molar-refractivity contribution in [2.45, 2.75) is 49.2 Å². The molecule has 5 rings (SSSR count). The van der Waals surface area contributed by atoms with Crippen LogP contribution in [0.2, 0.25) is 0 Å². The van der Waals surface area contributed by atoms with E-state index in [9.17, 15) is 22.0 Å². The van der Waals surface area contributed by atoms with E-state index >= 15 is 0 Å². The molecule has 1 unspecified atom stereocenters. The van der Waals surface area contributed by atoms with E-state index in [2.05, 4.69) is 4.98 Å². The number of carbonyl (C=O) groups excluding carboxylic acids is 1. The molecule has 12 heteroatoms. The quantitative estimate of drug-likeness (QED) is 0.535. The van der Waals surface area contributed by atoms with Crippen molar-refractivity contribution in [2.75, 3.05) is 44.5 Å². The molecular formula is C26H31F2N3O6S. The fourth-order valence-electron chi connectivity index (χ4n) is 5.39. The average Bonchev–Trinajstić information content (AvgIpc) is 3.34. The molecule has 0 bridgehead atoms. The summed E-state index contributed by atoms with van der Waals surface area (Å²) in [7, 11) is -2.17. The zero-order chi connectivity index (χ0) is 27.1. The molecule has 1 aromatic carbocycles. The van der Waals surface area contributed by atoms with Gasteiger partial charge in [0, 0.05) is 50.1 Å². The fourth-order valence-corrected chi connectivity index (χ4v) is 6.14. The van der Waals surface area contributed by atoms with Gasteiger partial charge in [-0.1, -0.05) is 0 Å². The summed E-state index contributed by atoms with van der Waals surface area (Å²) in [5.41, 5.74) is 1.36. The van der Waals surface area contributed by atoms with Crippen molar-refractivity contribution < 1.29 is 36.2 Å². The van der Waals surface area contributed by atoms with Gasteiger partial charge in [-0.15, -0.1) is 0 Å². The Balaban J connectivity index is 1.30. The molecule has 2 atom stereocenters. The number of halogens is 2. The first-order valence-electron chi connectivity index (χ1n) is 12.7. The van der Waals surface area contributed by atoms with Gasteiger partial charge in [0.1, 0.15) is 24.2 Å². The number of methoxy groups -OCH3 is 1. The van der Waals surface area contributed by atoms with Gasteiger partial charge in [-0.3, -0.25) is 4.79 Å². The zero-order valence-corrected chi connectivity index (χ0v) is 22.2. The number of hydrogen-bond acceptors (Lipinski definition) is 8. The van der Waals surface area contributed by atoms with Crippen molar-refractivity contribution in [1.29, 1.82) is 0 Å². The summed E-state index contributed by atoms with van der Waals surface area (Å²) in [6, 6.07) is 7.05. The van der Waals surface area contributed by atoms with Crippen molar-refractivity contribution >= 4 is 27.1 Å². The van der Waals surface area contributed by atoms with E-state index in [0.29, 0.717) is 62.7 Å². The predicted molar refractivity (Wildman–Crippen MR) is 135 cm³/mol. The van der Waals surface area contributed by atoms with Crippen molar-refractivity contribution in [2.24, 2.45) is 5.92 Å². The molecule has 2 aliphatic heterocycles. The third-order valence-corrected chi connectivity index (χ3v) is 8.24. The summed E-state index contributed by atoms with van der Waals surface area (Å²) in [5.74, 6) is -2.25. The summed E-state index contributed by atoms with van der Waals surface area (Å²) in [6.45, 7) is 1.75. The average molecular weight is 552 g/mol. The fraction of sp³-hybridized carbons (Fsp3) is 0.538. The number of amides is 1. The summed E-state index contributed by atoms with van der Waals surface area (Å²) in [6.07, 6.45) is 3.26. The summed E-state index contributed by atoms with van der Waals surface area (Å²) in [5, 5.41) is -0.133. The molecule has 0 N–H and O–H groups in total.